The molecule has 1 aliphatic carbocycles. The Labute approximate surface area is 77.9 Å². The third-order valence-electron chi connectivity index (χ3n) is 2.47. The van der Waals surface area contributed by atoms with Crippen LogP contribution in [0.1, 0.15) is 24.6 Å². The van der Waals surface area contributed by atoms with Crippen LogP contribution in [0.2, 0.25) is 0 Å². The Morgan fingerprint density at radius 2 is 2.38 bits per heavy atom. The third-order valence-corrected chi connectivity index (χ3v) is 2.47. The van der Waals surface area contributed by atoms with Crippen LogP contribution in [-0.2, 0) is 0 Å². The van der Waals surface area contributed by atoms with Crippen molar-refractivity contribution in [3.63, 3.8) is 0 Å². The lowest BCUT2D eigenvalue weighted by atomic mass is 10.1. The Bertz CT molecular complexity index is 297. The molecule has 3 nitrogen and oxygen atoms in total. The molecule has 0 spiro atoms. The number of aromatic nitrogens is 1. The number of rotatable bonds is 3. The monoisotopic (exact) mass is 178 g/mol. The molecule has 0 saturated heterocycles. The van der Waals surface area contributed by atoms with Crippen LogP contribution in [0.25, 0.3) is 0 Å². The van der Waals surface area contributed by atoms with Gasteiger partial charge in [0.2, 0.25) is 0 Å². The van der Waals surface area contributed by atoms with Crippen LogP contribution in [0.15, 0.2) is 18.3 Å². The minimum atomic E-state index is 0.0520. The number of pyridine rings is 1. The van der Waals surface area contributed by atoms with Gasteiger partial charge >= 0.3 is 0 Å². The second-order valence-corrected chi connectivity index (χ2v) is 3.45. The van der Waals surface area contributed by atoms with E-state index in [0.717, 1.165) is 11.4 Å². The van der Waals surface area contributed by atoms with Gasteiger partial charge in [0, 0.05) is 6.20 Å². The fraction of sp³-hybridized carbons (Fsp3) is 0.500. The zero-order chi connectivity index (χ0) is 9.26. The Hall–Kier alpha value is -1.09. The molecule has 3 heteroatoms. The maximum absolute atomic E-state index is 6.03. The highest BCUT2D eigenvalue weighted by Gasteiger charge is 2.31. The summed E-state index contributed by atoms with van der Waals surface area (Å²) in [5.41, 5.74) is 6.93. The first-order valence-electron chi connectivity index (χ1n) is 4.57. The van der Waals surface area contributed by atoms with E-state index < -0.39 is 0 Å². The summed E-state index contributed by atoms with van der Waals surface area (Å²) in [6.45, 7) is 0. The van der Waals surface area contributed by atoms with Gasteiger partial charge in [0.05, 0.1) is 18.8 Å². The number of nitrogens with zero attached hydrogens (tertiary/aromatic N) is 1. The zero-order valence-corrected chi connectivity index (χ0v) is 7.73. The molecular weight excluding hydrogens is 164 g/mol. The first-order valence-corrected chi connectivity index (χ1v) is 4.57. The van der Waals surface area contributed by atoms with Gasteiger partial charge in [-0.15, -0.1) is 0 Å². The molecule has 1 aromatic rings. The van der Waals surface area contributed by atoms with Crippen LogP contribution in [0.3, 0.4) is 0 Å². The molecule has 1 atom stereocenters. The summed E-state index contributed by atoms with van der Waals surface area (Å²) in [5.74, 6) is 1.42. The molecule has 0 aromatic carbocycles. The Morgan fingerprint density at radius 3 is 3.00 bits per heavy atom. The van der Waals surface area contributed by atoms with Crippen molar-refractivity contribution in [1.82, 2.24) is 4.98 Å². The van der Waals surface area contributed by atoms with E-state index in [2.05, 4.69) is 4.98 Å². The van der Waals surface area contributed by atoms with Gasteiger partial charge < -0.3 is 10.5 Å². The highest BCUT2D eigenvalue weighted by Crippen LogP contribution is 2.40. The Morgan fingerprint density at radius 1 is 1.62 bits per heavy atom. The SMILES string of the molecule is COc1cccnc1[C@H](N)C1CC1. The summed E-state index contributed by atoms with van der Waals surface area (Å²) in [6, 6.07) is 3.82. The largest absolute Gasteiger partial charge is 0.495 e. The fourth-order valence-corrected chi connectivity index (χ4v) is 1.50. The van der Waals surface area contributed by atoms with Crippen molar-refractivity contribution in [2.45, 2.75) is 18.9 Å². The summed E-state index contributed by atoms with van der Waals surface area (Å²) in [5, 5.41) is 0. The van der Waals surface area contributed by atoms with E-state index in [1.165, 1.54) is 12.8 Å². The maximum atomic E-state index is 6.03. The molecule has 1 aromatic heterocycles. The summed E-state index contributed by atoms with van der Waals surface area (Å²) >= 11 is 0. The first kappa shape index (κ1) is 8.51. The van der Waals surface area contributed by atoms with Crippen molar-refractivity contribution in [2.75, 3.05) is 7.11 Å². The molecule has 70 valence electrons. The van der Waals surface area contributed by atoms with Crippen LogP contribution in [0.4, 0.5) is 0 Å². The van der Waals surface area contributed by atoms with Crippen molar-refractivity contribution in [3.05, 3.63) is 24.0 Å². The second-order valence-electron chi connectivity index (χ2n) is 3.45. The lowest BCUT2D eigenvalue weighted by Crippen LogP contribution is -2.15. The molecule has 0 aliphatic heterocycles. The topological polar surface area (TPSA) is 48.1 Å². The van der Waals surface area contributed by atoms with Gasteiger partial charge in [-0.1, -0.05) is 0 Å². The van der Waals surface area contributed by atoms with Gasteiger partial charge in [-0.05, 0) is 30.9 Å². The maximum Gasteiger partial charge on any atom is 0.141 e. The normalized spacial score (nSPS) is 18.3. The van der Waals surface area contributed by atoms with E-state index >= 15 is 0 Å². The molecule has 1 aliphatic rings. The number of hydrogen-bond acceptors (Lipinski definition) is 3. The Kier molecular flexibility index (Phi) is 2.19. The highest BCUT2D eigenvalue weighted by atomic mass is 16.5. The lowest BCUT2D eigenvalue weighted by molar-refractivity contribution is 0.398. The molecule has 0 bridgehead atoms. The zero-order valence-electron chi connectivity index (χ0n) is 7.73. The van der Waals surface area contributed by atoms with E-state index in [1.54, 1.807) is 13.3 Å². The highest BCUT2D eigenvalue weighted by molar-refractivity contribution is 5.30. The molecule has 13 heavy (non-hydrogen) atoms. The van der Waals surface area contributed by atoms with Gasteiger partial charge in [0.15, 0.2) is 0 Å². The van der Waals surface area contributed by atoms with Gasteiger partial charge in [-0.25, -0.2) is 0 Å². The number of ether oxygens (including phenoxy) is 1. The van der Waals surface area contributed by atoms with Gasteiger partial charge in [0.1, 0.15) is 5.75 Å². The van der Waals surface area contributed by atoms with E-state index in [4.69, 9.17) is 10.5 Å². The fourth-order valence-electron chi connectivity index (χ4n) is 1.50. The molecule has 0 amide bonds. The molecule has 2 N–H and O–H groups in total. The van der Waals surface area contributed by atoms with Crippen molar-refractivity contribution in [1.29, 1.82) is 0 Å². The van der Waals surface area contributed by atoms with Crippen molar-refractivity contribution in [3.8, 4) is 5.75 Å². The van der Waals surface area contributed by atoms with Crippen molar-refractivity contribution < 1.29 is 4.74 Å². The van der Waals surface area contributed by atoms with E-state index in [9.17, 15) is 0 Å². The predicted octanol–water partition coefficient (Wildman–Crippen LogP) is 1.50. The first-order chi connectivity index (χ1) is 6.33. The molecule has 1 saturated carbocycles. The van der Waals surface area contributed by atoms with Gasteiger partial charge in [-0.3, -0.25) is 4.98 Å². The van der Waals surface area contributed by atoms with Crippen LogP contribution in [0, 0.1) is 5.92 Å². The molecule has 1 heterocycles. The molecule has 2 rings (SSSR count). The molecule has 0 unspecified atom stereocenters. The molecule has 0 radical (unpaired) electrons. The van der Waals surface area contributed by atoms with Gasteiger partial charge in [-0.2, -0.15) is 0 Å². The number of methoxy groups -OCH3 is 1. The summed E-state index contributed by atoms with van der Waals surface area (Å²) in [6.07, 6.45) is 4.21. The van der Waals surface area contributed by atoms with Crippen LogP contribution < -0.4 is 10.5 Å². The quantitative estimate of drug-likeness (QED) is 0.763. The lowest BCUT2D eigenvalue weighted by Gasteiger charge is -2.12. The molecular formula is C10H14N2O. The van der Waals surface area contributed by atoms with Gasteiger partial charge in [0.25, 0.3) is 0 Å². The summed E-state index contributed by atoms with van der Waals surface area (Å²) < 4.78 is 5.20. The van der Waals surface area contributed by atoms with E-state index in [0.29, 0.717) is 5.92 Å². The minimum Gasteiger partial charge on any atom is -0.495 e. The average molecular weight is 178 g/mol. The third kappa shape index (κ3) is 1.65. The summed E-state index contributed by atoms with van der Waals surface area (Å²) in [7, 11) is 1.65. The van der Waals surface area contributed by atoms with Crippen LogP contribution in [-0.4, -0.2) is 12.1 Å². The van der Waals surface area contributed by atoms with E-state index in [1.807, 2.05) is 12.1 Å². The number of hydrogen-bond donors (Lipinski definition) is 1. The Balaban J connectivity index is 2.26. The smallest absolute Gasteiger partial charge is 0.141 e. The second kappa shape index (κ2) is 3.34. The van der Waals surface area contributed by atoms with Crippen molar-refractivity contribution >= 4 is 0 Å². The number of nitrogens with two attached hydrogens (primary N) is 1. The standard InChI is InChI=1S/C10H14N2O/c1-13-8-3-2-6-12-10(8)9(11)7-4-5-7/h2-3,6-7,9H,4-5,11H2,1H3/t9-/m1/s1. The van der Waals surface area contributed by atoms with Crippen molar-refractivity contribution in [2.24, 2.45) is 11.7 Å². The minimum absolute atomic E-state index is 0.0520. The van der Waals surface area contributed by atoms with Crippen LogP contribution >= 0.6 is 0 Å². The van der Waals surface area contributed by atoms with E-state index in [-0.39, 0.29) is 6.04 Å². The molecule has 1 fully saturated rings. The average Bonchev–Trinajstić information content (AvgIpc) is 3.00. The predicted molar refractivity (Wildman–Crippen MR) is 50.4 cm³/mol. The van der Waals surface area contributed by atoms with Crippen LogP contribution in [0.5, 0.6) is 5.75 Å². The summed E-state index contributed by atoms with van der Waals surface area (Å²) in [4.78, 5) is 4.26.